The lowest BCUT2D eigenvalue weighted by atomic mass is 9.82. The van der Waals surface area contributed by atoms with Gasteiger partial charge in [0.05, 0.1) is 22.9 Å². The van der Waals surface area contributed by atoms with Crippen LogP contribution in [0.15, 0.2) is 200 Å². The van der Waals surface area contributed by atoms with E-state index in [1.807, 2.05) is 24.4 Å². The summed E-state index contributed by atoms with van der Waals surface area (Å²) in [4.78, 5) is 26.5. The van der Waals surface area contributed by atoms with Crippen LogP contribution in [0.25, 0.3) is 122 Å². The summed E-state index contributed by atoms with van der Waals surface area (Å²) < 4.78 is 0. The number of benzene rings is 10. The second kappa shape index (κ2) is 14.3. The van der Waals surface area contributed by atoms with Crippen LogP contribution >= 0.6 is 0 Å². The Balaban J connectivity index is 1.07. The zero-order chi connectivity index (χ0) is 43.2. The average Bonchev–Trinajstić information content (AvgIpc) is 3.61. The van der Waals surface area contributed by atoms with E-state index in [0.29, 0.717) is 17.5 Å². The van der Waals surface area contributed by atoms with Gasteiger partial charge in [-0.1, -0.05) is 178 Å². The summed E-state index contributed by atoms with van der Waals surface area (Å²) in [6.07, 6.45) is 1.92. The summed E-state index contributed by atoms with van der Waals surface area (Å²) >= 11 is 0. The van der Waals surface area contributed by atoms with E-state index in [1.54, 1.807) is 0 Å². The molecule has 0 spiro atoms. The number of rotatable bonds is 5. The van der Waals surface area contributed by atoms with Gasteiger partial charge in [-0.3, -0.25) is 4.98 Å². The molecule has 5 nitrogen and oxygen atoms in total. The SMILES string of the molecule is CC1(C)c2ccccc2-c2ccc(-c3nc(-c4ccccc4)nc(-c4cc(-c5cnc6c7ccccc7c7ccccc7c6n5)cc(-c5cc6ccccc6c6ccccc56)c4)n3)cc21. The smallest absolute Gasteiger partial charge is 0.164 e. The van der Waals surface area contributed by atoms with Gasteiger partial charge in [0.1, 0.15) is 0 Å². The Hall–Kier alpha value is -8.41. The van der Waals surface area contributed by atoms with E-state index in [4.69, 9.17) is 24.9 Å². The summed E-state index contributed by atoms with van der Waals surface area (Å²) in [6, 6.07) is 68.9. The molecular weight excluding hydrogens is 791 g/mol. The molecule has 10 aromatic carbocycles. The van der Waals surface area contributed by atoms with E-state index in [-0.39, 0.29) is 5.41 Å². The third kappa shape index (κ3) is 5.89. The van der Waals surface area contributed by atoms with Gasteiger partial charge >= 0.3 is 0 Å². The molecule has 0 aliphatic heterocycles. The van der Waals surface area contributed by atoms with Crippen LogP contribution in [-0.2, 0) is 5.41 Å². The highest BCUT2D eigenvalue weighted by molar-refractivity contribution is 6.23. The van der Waals surface area contributed by atoms with Crippen LogP contribution in [0, 0.1) is 0 Å². The van der Waals surface area contributed by atoms with Crippen LogP contribution in [0.2, 0.25) is 0 Å². The molecular formula is C60H39N5. The molecule has 0 saturated heterocycles. The van der Waals surface area contributed by atoms with Gasteiger partial charge in [0.25, 0.3) is 0 Å². The molecule has 304 valence electrons. The topological polar surface area (TPSA) is 64.5 Å². The van der Waals surface area contributed by atoms with Gasteiger partial charge in [0, 0.05) is 38.4 Å². The number of aromatic nitrogens is 5. The Morgan fingerprint density at radius 1 is 0.323 bits per heavy atom. The zero-order valence-electron chi connectivity index (χ0n) is 35.8. The lowest BCUT2D eigenvalue weighted by molar-refractivity contribution is 0.660. The molecule has 5 heteroatoms. The second-order valence-corrected chi connectivity index (χ2v) is 17.6. The van der Waals surface area contributed by atoms with Crippen molar-refractivity contribution in [2.75, 3.05) is 0 Å². The van der Waals surface area contributed by atoms with E-state index in [2.05, 4.69) is 190 Å². The first-order chi connectivity index (χ1) is 32.0. The highest BCUT2D eigenvalue weighted by Crippen LogP contribution is 2.49. The lowest BCUT2D eigenvalue weighted by Gasteiger charge is -2.21. The first-order valence-electron chi connectivity index (χ1n) is 22.2. The number of fused-ring (bicyclic) bond motifs is 12. The Labute approximate surface area is 375 Å². The second-order valence-electron chi connectivity index (χ2n) is 17.6. The largest absolute Gasteiger partial charge is 0.252 e. The highest BCUT2D eigenvalue weighted by Gasteiger charge is 2.35. The van der Waals surface area contributed by atoms with Crippen LogP contribution in [0.1, 0.15) is 25.0 Å². The first kappa shape index (κ1) is 37.2. The molecule has 0 bridgehead atoms. The van der Waals surface area contributed by atoms with E-state index in [0.717, 1.165) is 66.3 Å². The Morgan fingerprint density at radius 3 is 1.62 bits per heavy atom. The molecule has 65 heavy (non-hydrogen) atoms. The zero-order valence-corrected chi connectivity index (χ0v) is 35.8. The summed E-state index contributed by atoms with van der Waals surface area (Å²) in [6.45, 7) is 4.61. The summed E-state index contributed by atoms with van der Waals surface area (Å²) in [7, 11) is 0. The number of hydrogen-bond donors (Lipinski definition) is 0. The van der Waals surface area contributed by atoms with Crippen molar-refractivity contribution in [3.63, 3.8) is 0 Å². The third-order valence-corrected chi connectivity index (χ3v) is 13.5. The van der Waals surface area contributed by atoms with Gasteiger partial charge in [-0.05, 0) is 96.0 Å². The molecule has 0 amide bonds. The molecule has 2 aromatic heterocycles. The molecule has 0 saturated carbocycles. The maximum Gasteiger partial charge on any atom is 0.164 e. The van der Waals surface area contributed by atoms with Gasteiger partial charge in [-0.2, -0.15) is 0 Å². The molecule has 0 atom stereocenters. The van der Waals surface area contributed by atoms with E-state index in [9.17, 15) is 0 Å². The first-order valence-corrected chi connectivity index (χ1v) is 22.2. The van der Waals surface area contributed by atoms with Crippen molar-refractivity contribution in [1.29, 1.82) is 0 Å². The fourth-order valence-corrected chi connectivity index (χ4v) is 10.3. The molecule has 2 heterocycles. The average molecular weight is 830 g/mol. The lowest BCUT2D eigenvalue weighted by Crippen LogP contribution is -2.15. The molecule has 13 rings (SSSR count). The van der Waals surface area contributed by atoms with Crippen molar-refractivity contribution in [2.24, 2.45) is 0 Å². The maximum atomic E-state index is 5.48. The summed E-state index contributed by atoms with van der Waals surface area (Å²) in [5.74, 6) is 1.81. The van der Waals surface area contributed by atoms with Gasteiger partial charge in [-0.25, -0.2) is 19.9 Å². The van der Waals surface area contributed by atoms with Crippen molar-refractivity contribution in [2.45, 2.75) is 19.3 Å². The van der Waals surface area contributed by atoms with E-state index >= 15 is 0 Å². The van der Waals surface area contributed by atoms with Gasteiger partial charge in [0.15, 0.2) is 17.5 Å². The van der Waals surface area contributed by atoms with Gasteiger partial charge in [0.2, 0.25) is 0 Å². The van der Waals surface area contributed by atoms with Crippen LogP contribution in [-0.4, -0.2) is 24.9 Å². The number of hydrogen-bond acceptors (Lipinski definition) is 5. The van der Waals surface area contributed by atoms with Crippen LogP contribution in [0.4, 0.5) is 0 Å². The molecule has 1 aliphatic carbocycles. The normalized spacial score (nSPS) is 12.9. The fourth-order valence-electron chi connectivity index (χ4n) is 10.3. The fraction of sp³-hybridized carbons (Fsp3) is 0.0500. The quantitative estimate of drug-likeness (QED) is 0.162. The van der Waals surface area contributed by atoms with Crippen LogP contribution < -0.4 is 0 Å². The molecule has 0 unspecified atom stereocenters. The Bertz CT molecular complexity index is 3890. The van der Waals surface area contributed by atoms with Crippen molar-refractivity contribution in [1.82, 2.24) is 24.9 Å². The Kier molecular flexibility index (Phi) is 8.18. The third-order valence-electron chi connectivity index (χ3n) is 13.5. The predicted octanol–water partition coefficient (Wildman–Crippen LogP) is 15.1. The summed E-state index contributed by atoms with van der Waals surface area (Å²) in [5, 5.41) is 9.24. The summed E-state index contributed by atoms with van der Waals surface area (Å²) in [5.41, 5.74) is 13.3. The van der Waals surface area contributed by atoms with Crippen LogP contribution in [0.3, 0.4) is 0 Å². The monoisotopic (exact) mass is 829 g/mol. The predicted molar refractivity (Wildman–Crippen MR) is 268 cm³/mol. The minimum Gasteiger partial charge on any atom is -0.252 e. The molecule has 12 aromatic rings. The maximum absolute atomic E-state index is 5.48. The minimum absolute atomic E-state index is 0.176. The van der Waals surface area contributed by atoms with Gasteiger partial charge in [-0.15, -0.1) is 0 Å². The van der Waals surface area contributed by atoms with Crippen molar-refractivity contribution < 1.29 is 0 Å². The molecule has 0 fully saturated rings. The highest BCUT2D eigenvalue weighted by atomic mass is 15.0. The molecule has 1 aliphatic rings. The van der Waals surface area contributed by atoms with Gasteiger partial charge < -0.3 is 0 Å². The number of nitrogens with zero attached hydrogens (tertiary/aromatic N) is 5. The molecule has 0 N–H and O–H groups in total. The standard InChI is InChI=1S/C60H39N5/c1-60(2)52-27-15-14-24-47(52)48-29-28-38(34-53(48)60)58-63-57(36-16-4-3-5-17-36)64-59(65-58)41-31-39(51-33-37-18-6-7-19-42(37)43-20-8-9-23-46(43)51)30-40(32-41)54-35-61-55-49-25-12-10-21-44(49)45-22-11-13-26-50(45)56(55)62-54/h3-35H,1-2H3. The van der Waals surface area contributed by atoms with E-state index in [1.165, 1.54) is 49.2 Å². The molecule has 0 radical (unpaired) electrons. The van der Waals surface area contributed by atoms with Crippen molar-refractivity contribution in [3.05, 3.63) is 211 Å². The Morgan fingerprint density at radius 2 is 0.862 bits per heavy atom. The van der Waals surface area contributed by atoms with Crippen molar-refractivity contribution in [3.8, 4) is 67.7 Å². The minimum atomic E-state index is -0.176. The van der Waals surface area contributed by atoms with E-state index < -0.39 is 0 Å². The van der Waals surface area contributed by atoms with Crippen molar-refractivity contribution >= 4 is 54.1 Å². The van der Waals surface area contributed by atoms with Crippen LogP contribution in [0.5, 0.6) is 0 Å².